The highest BCUT2D eigenvalue weighted by molar-refractivity contribution is 5.83. The average Bonchev–Trinajstić information content (AvgIpc) is 3.45. The Balaban J connectivity index is 0.000000239. The van der Waals surface area contributed by atoms with Crippen LogP contribution in [0.1, 0.15) is 44.5 Å². The lowest BCUT2D eigenvalue weighted by Gasteiger charge is -2.28. The first-order chi connectivity index (χ1) is 37.0. The summed E-state index contributed by atoms with van der Waals surface area (Å²) in [6.45, 7) is 16.9. The fourth-order valence-electron chi connectivity index (χ4n) is 8.37. The largest absolute Gasteiger partial charge is 0.310 e. The minimum absolute atomic E-state index is 0.625. The zero-order chi connectivity index (χ0) is 53.5. The highest BCUT2D eigenvalue weighted by atomic mass is 15.3. The number of anilines is 6. The molecule has 10 aromatic carbocycles. The van der Waals surface area contributed by atoms with Crippen LogP contribution in [0.15, 0.2) is 279 Å². The molecule has 0 saturated heterocycles. The molecule has 11 aromatic rings. The number of nitrogens with zero attached hydrogens (tertiary/aromatic N) is 4. The molecule has 1 heterocycles. The molecule has 0 aliphatic heterocycles. The molecule has 0 N–H and O–H groups in total. The van der Waals surface area contributed by atoms with Crippen LogP contribution in [0.4, 0.5) is 34.4 Å². The van der Waals surface area contributed by atoms with Gasteiger partial charge in [-0.3, -0.25) is 4.90 Å². The van der Waals surface area contributed by atoms with E-state index in [2.05, 4.69) is 265 Å². The van der Waals surface area contributed by atoms with E-state index in [0.29, 0.717) is 5.95 Å². The van der Waals surface area contributed by atoms with Crippen LogP contribution in [0.2, 0.25) is 0 Å². The number of rotatable bonds is 8. The molecule has 0 spiro atoms. The lowest BCUT2D eigenvalue weighted by atomic mass is 10.0. The minimum atomic E-state index is 0.625. The molecule has 0 atom stereocenters. The van der Waals surface area contributed by atoms with Crippen molar-refractivity contribution in [3.05, 3.63) is 324 Å². The van der Waals surface area contributed by atoms with E-state index in [1.165, 1.54) is 33.4 Å². The highest BCUT2D eigenvalue weighted by Crippen LogP contribution is 2.41. The van der Waals surface area contributed by atoms with Gasteiger partial charge in [0, 0.05) is 28.2 Å². The molecule has 76 heavy (non-hydrogen) atoms. The molecular formula is C72H70N4. The van der Waals surface area contributed by atoms with Crippen molar-refractivity contribution >= 4 is 34.4 Å². The van der Waals surface area contributed by atoms with E-state index in [0.717, 1.165) is 62.1 Å². The van der Waals surface area contributed by atoms with Crippen molar-refractivity contribution in [2.45, 2.75) is 55.4 Å². The van der Waals surface area contributed by atoms with Gasteiger partial charge in [-0.15, -0.1) is 0 Å². The molecule has 4 nitrogen and oxygen atoms in total. The molecule has 0 fully saturated rings. The molecule has 0 saturated carbocycles. The lowest BCUT2D eigenvalue weighted by Crippen LogP contribution is -2.16. The van der Waals surface area contributed by atoms with E-state index in [-0.39, 0.29) is 0 Å². The van der Waals surface area contributed by atoms with Crippen LogP contribution in [0.3, 0.4) is 0 Å². The Morgan fingerprint density at radius 2 is 0.487 bits per heavy atom. The maximum Gasteiger partial charge on any atom is 0.235 e. The Labute approximate surface area is 453 Å². The summed E-state index contributed by atoms with van der Waals surface area (Å²) in [7, 11) is 0. The summed E-state index contributed by atoms with van der Waals surface area (Å²) in [5, 5.41) is 0. The zero-order valence-corrected chi connectivity index (χ0v) is 45.3. The van der Waals surface area contributed by atoms with Crippen molar-refractivity contribution < 1.29 is 0 Å². The van der Waals surface area contributed by atoms with Crippen LogP contribution in [0.25, 0.3) is 22.5 Å². The number of aryl methyl sites for hydroxylation is 8. The minimum Gasteiger partial charge on any atom is -0.310 e. The first kappa shape index (κ1) is 54.6. The Hall–Kier alpha value is -9.12. The van der Waals surface area contributed by atoms with Crippen molar-refractivity contribution in [3.63, 3.8) is 0 Å². The van der Waals surface area contributed by atoms with E-state index in [9.17, 15) is 0 Å². The van der Waals surface area contributed by atoms with Gasteiger partial charge < -0.3 is 4.90 Å². The first-order valence-corrected chi connectivity index (χ1v) is 26.0. The van der Waals surface area contributed by atoms with Gasteiger partial charge in [-0.2, -0.15) is 0 Å². The van der Waals surface area contributed by atoms with Crippen molar-refractivity contribution in [2.75, 3.05) is 9.80 Å². The summed E-state index contributed by atoms with van der Waals surface area (Å²) in [4.78, 5) is 15.0. The second-order valence-corrected chi connectivity index (χ2v) is 18.8. The maximum absolute atomic E-state index is 5.28. The van der Waals surface area contributed by atoms with Gasteiger partial charge in [0.25, 0.3) is 0 Å². The maximum atomic E-state index is 5.28. The quantitative estimate of drug-likeness (QED) is 0.152. The second kappa shape index (κ2) is 28.4. The van der Waals surface area contributed by atoms with Gasteiger partial charge in [-0.25, -0.2) is 9.97 Å². The molecule has 11 rings (SSSR count). The van der Waals surface area contributed by atoms with Gasteiger partial charge in [0.1, 0.15) is 0 Å². The van der Waals surface area contributed by atoms with Crippen LogP contribution in [-0.4, -0.2) is 9.97 Å². The fraction of sp³-hybridized carbons (Fsp3) is 0.111. The van der Waals surface area contributed by atoms with E-state index in [4.69, 9.17) is 9.97 Å². The van der Waals surface area contributed by atoms with Gasteiger partial charge in [0.05, 0.1) is 22.8 Å². The van der Waals surface area contributed by atoms with Gasteiger partial charge >= 0.3 is 0 Å². The molecule has 0 radical (unpaired) electrons. The van der Waals surface area contributed by atoms with Crippen molar-refractivity contribution in [3.8, 4) is 22.5 Å². The summed E-state index contributed by atoms with van der Waals surface area (Å²) in [5.74, 6) is 0.625. The van der Waals surface area contributed by atoms with Crippen molar-refractivity contribution in [1.82, 2.24) is 9.97 Å². The lowest BCUT2D eigenvalue weighted by molar-refractivity contribution is 1.07. The van der Waals surface area contributed by atoms with Crippen LogP contribution in [0.5, 0.6) is 0 Å². The molecule has 0 bridgehead atoms. The van der Waals surface area contributed by atoms with E-state index in [1.807, 2.05) is 78.9 Å². The van der Waals surface area contributed by atoms with Gasteiger partial charge in [-0.1, -0.05) is 259 Å². The SMILES string of the molecule is Cc1ccccc1.Cc1ccccc1.Cc1ccccc1.Cc1ccccc1.Cc1ccccc1N(c1ccc(-c2cc(-c3ccccc3)nc(N(c3ccccc3C)c3ccccc3C)n2)cc1)c1ccccc1C. The second-order valence-electron chi connectivity index (χ2n) is 18.8. The third-order valence-corrected chi connectivity index (χ3v) is 12.6. The Kier molecular flexibility index (Phi) is 20.4. The van der Waals surface area contributed by atoms with E-state index in [1.54, 1.807) is 0 Å². The topological polar surface area (TPSA) is 32.3 Å². The fourth-order valence-corrected chi connectivity index (χ4v) is 8.37. The summed E-state index contributed by atoms with van der Waals surface area (Å²) < 4.78 is 0. The number of aromatic nitrogens is 2. The van der Waals surface area contributed by atoms with Crippen LogP contribution in [-0.2, 0) is 0 Å². The Morgan fingerprint density at radius 1 is 0.237 bits per heavy atom. The third-order valence-electron chi connectivity index (χ3n) is 12.6. The van der Waals surface area contributed by atoms with Crippen LogP contribution in [0, 0.1) is 55.4 Å². The summed E-state index contributed by atoms with van der Waals surface area (Å²) in [5.41, 5.74) is 19.3. The Morgan fingerprint density at radius 3 is 0.763 bits per heavy atom. The molecule has 0 amide bonds. The summed E-state index contributed by atoms with van der Waals surface area (Å²) in [6.07, 6.45) is 0. The van der Waals surface area contributed by atoms with E-state index >= 15 is 0 Å². The molecular weight excluding hydrogens is 921 g/mol. The average molecular weight is 991 g/mol. The molecule has 0 unspecified atom stereocenters. The predicted octanol–water partition coefficient (Wildman–Crippen LogP) is 20.0. The Bertz CT molecular complexity index is 3190. The van der Waals surface area contributed by atoms with E-state index < -0.39 is 0 Å². The van der Waals surface area contributed by atoms with Crippen molar-refractivity contribution in [2.24, 2.45) is 0 Å². The van der Waals surface area contributed by atoms with Gasteiger partial charge in [0.2, 0.25) is 5.95 Å². The standard InChI is InChI=1S/C44H38N4.4C7H8/c1-31-16-8-12-22-40(31)47(41-23-13-9-17-32(41)2)37-28-26-36(27-29-37)39-30-38(35-20-6-5-7-21-35)45-44(46-39)48(42-24-14-10-18-33(42)3)43-25-15-11-19-34(43)4;4*1-7-5-3-2-4-6-7/h5-30H,1-4H3;4*2-6H,1H3. The highest BCUT2D eigenvalue weighted by Gasteiger charge is 2.22. The molecule has 378 valence electrons. The molecule has 4 heteroatoms. The normalized spacial score (nSPS) is 10.1. The number of para-hydroxylation sites is 4. The number of hydrogen-bond acceptors (Lipinski definition) is 4. The summed E-state index contributed by atoms with van der Waals surface area (Å²) >= 11 is 0. The first-order valence-electron chi connectivity index (χ1n) is 26.0. The third kappa shape index (κ3) is 15.9. The number of hydrogen-bond donors (Lipinski definition) is 0. The molecule has 0 aliphatic rings. The van der Waals surface area contributed by atoms with Crippen molar-refractivity contribution in [1.29, 1.82) is 0 Å². The monoisotopic (exact) mass is 991 g/mol. The molecule has 1 aromatic heterocycles. The van der Waals surface area contributed by atoms with Crippen LogP contribution < -0.4 is 9.80 Å². The molecule has 0 aliphatic carbocycles. The van der Waals surface area contributed by atoms with Gasteiger partial charge in [0.15, 0.2) is 0 Å². The van der Waals surface area contributed by atoms with Gasteiger partial charge in [-0.05, 0) is 120 Å². The summed E-state index contributed by atoms with van der Waals surface area (Å²) in [6, 6.07) is 96.1. The predicted molar refractivity (Wildman–Crippen MR) is 326 cm³/mol. The smallest absolute Gasteiger partial charge is 0.235 e. The number of benzene rings is 10. The zero-order valence-electron chi connectivity index (χ0n) is 45.3. The van der Waals surface area contributed by atoms with Crippen LogP contribution >= 0.6 is 0 Å².